The van der Waals surface area contributed by atoms with Crippen LogP contribution < -0.4 is 5.32 Å². The average molecular weight is 216 g/mol. The van der Waals surface area contributed by atoms with Crippen LogP contribution in [0.15, 0.2) is 0 Å². The summed E-state index contributed by atoms with van der Waals surface area (Å²) in [7, 11) is 3.54. The molecule has 1 unspecified atom stereocenters. The van der Waals surface area contributed by atoms with Crippen LogP contribution in [0.3, 0.4) is 0 Å². The molecular formula is C11H24N2O2. The minimum absolute atomic E-state index is 0.172. The van der Waals surface area contributed by atoms with Crippen molar-refractivity contribution >= 4 is 5.91 Å². The minimum atomic E-state index is -0.194. The molecule has 1 atom stereocenters. The van der Waals surface area contributed by atoms with Gasteiger partial charge in [0.2, 0.25) is 5.91 Å². The summed E-state index contributed by atoms with van der Waals surface area (Å²) in [5.41, 5.74) is 0. The van der Waals surface area contributed by atoms with Crippen LogP contribution in [0.4, 0.5) is 0 Å². The Labute approximate surface area is 92.7 Å². The molecule has 0 saturated heterocycles. The maximum Gasteiger partial charge on any atom is 0.222 e. The zero-order chi connectivity index (χ0) is 11.7. The molecule has 0 aromatic rings. The van der Waals surface area contributed by atoms with E-state index in [4.69, 9.17) is 0 Å². The molecule has 15 heavy (non-hydrogen) atoms. The van der Waals surface area contributed by atoms with Gasteiger partial charge in [0, 0.05) is 20.5 Å². The van der Waals surface area contributed by atoms with Crippen LogP contribution >= 0.6 is 0 Å². The summed E-state index contributed by atoms with van der Waals surface area (Å²) >= 11 is 0. The van der Waals surface area contributed by atoms with Gasteiger partial charge in [-0.1, -0.05) is 6.92 Å². The lowest BCUT2D eigenvalue weighted by Crippen LogP contribution is -2.25. The Morgan fingerprint density at radius 3 is 2.60 bits per heavy atom. The fourth-order valence-electron chi connectivity index (χ4n) is 1.19. The van der Waals surface area contributed by atoms with Gasteiger partial charge in [0.1, 0.15) is 0 Å². The van der Waals surface area contributed by atoms with Crippen LogP contribution in [0.5, 0.6) is 0 Å². The molecule has 0 aromatic carbocycles. The van der Waals surface area contributed by atoms with Crippen molar-refractivity contribution in [3.63, 3.8) is 0 Å². The first-order valence-electron chi connectivity index (χ1n) is 5.66. The second-order valence-corrected chi connectivity index (χ2v) is 3.99. The highest BCUT2D eigenvalue weighted by molar-refractivity contribution is 5.75. The summed E-state index contributed by atoms with van der Waals surface area (Å²) in [6.07, 6.45) is 2.86. The molecule has 0 rings (SSSR count). The minimum Gasteiger partial charge on any atom is -0.393 e. The van der Waals surface area contributed by atoms with Crippen LogP contribution in [0.25, 0.3) is 0 Å². The molecule has 2 N–H and O–H groups in total. The molecule has 1 amide bonds. The number of hydrogen-bond acceptors (Lipinski definition) is 3. The molecule has 0 fully saturated rings. The number of nitrogens with one attached hydrogen (secondary N) is 1. The lowest BCUT2D eigenvalue weighted by molar-refractivity contribution is -0.128. The first-order chi connectivity index (χ1) is 7.07. The Bertz CT molecular complexity index is 172. The van der Waals surface area contributed by atoms with Crippen molar-refractivity contribution in [2.24, 2.45) is 0 Å². The van der Waals surface area contributed by atoms with Crippen LogP contribution in [-0.2, 0) is 4.79 Å². The van der Waals surface area contributed by atoms with E-state index in [1.165, 1.54) is 0 Å². The molecule has 0 bridgehead atoms. The van der Waals surface area contributed by atoms with Gasteiger partial charge < -0.3 is 15.3 Å². The lowest BCUT2D eigenvalue weighted by Gasteiger charge is -2.11. The number of hydrogen-bond donors (Lipinski definition) is 2. The van der Waals surface area contributed by atoms with Crippen molar-refractivity contribution in [3.8, 4) is 0 Å². The number of carbonyl (C=O) groups is 1. The van der Waals surface area contributed by atoms with Crippen molar-refractivity contribution in [2.75, 3.05) is 27.2 Å². The molecule has 0 aliphatic heterocycles. The summed E-state index contributed by atoms with van der Waals surface area (Å²) < 4.78 is 0. The molecule has 0 aromatic heterocycles. The van der Waals surface area contributed by atoms with Crippen LogP contribution in [-0.4, -0.2) is 49.2 Å². The third-order valence-corrected chi connectivity index (χ3v) is 2.37. The standard InChI is InChI=1S/C11H24N2O2/c1-4-10(14)7-9-12-8-5-6-11(15)13(2)3/h10,12,14H,4-9H2,1-3H3. The van der Waals surface area contributed by atoms with Crippen molar-refractivity contribution < 1.29 is 9.90 Å². The van der Waals surface area contributed by atoms with Gasteiger partial charge in [0.15, 0.2) is 0 Å². The maximum atomic E-state index is 11.2. The average Bonchev–Trinajstić information content (AvgIpc) is 2.22. The highest BCUT2D eigenvalue weighted by Gasteiger charge is 2.03. The zero-order valence-electron chi connectivity index (χ0n) is 10.1. The predicted molar refractivity (Wildman–Crippen MR) is 61.7 cm³/mol. The normalized spacial score (nSPS) is 12.5. The van der Waals surface area contributed by atoms with Gasteiger partial charge in [-0.2, -0.15) is 0 Å². The number of nitrogens with zero attached hydrogens (tertiary/aromatic N) is 1. The number of aliphatic hydroxyl groups excluding tert-OH is 1. The molecule has 0 aliphatic rings. The quantitative estimate of drug-likeness (QED) is 0.584. The Morgan fingerprint density at radius 2 is 2.07 bits per heavy atom. The highest BCUT2D eigenvalue weighted by atomic mass is 16.3. The number of carbonyl (C=O) groups excluding carboxylic acids is 1. The maximum absolute atomic E-state index is 11.2. The van der Waals surface area contributed by atoms with Crippen molar-refractivity contribution in [3.05, 3.63) is 0 Å². The van der Waals surface area contributed by atoms with E-state index in [0.717, 1.165) is 32.4 Å². The van der Waals surface area contributed by atoms with Gasteiger partial charge in [0.25, 0.3) is 0 Å². The van der Waals surface area contributed by atoms with E-state index in [1.54, 1.807) is 19.0 Å². The molecule has 0 saturated carbocycles. The second kappa shape index (κ2) is 8.68. The molecule has 4 heteroatoms. The Balaban J connectivity index is 3.22. The van der Waals surface area contributed by atoms with Crippen LogP contribution in [0.1, 0.15) is 32.6 Å². The van der Waals surface area contributed by atoms with Gasteiger partial charge in [-0.15, -0.1) is 0 Å². The molecule has 0 aliphatic carbocycles. The highest BCUT2D eigenvalue weighted by Crippen LogP contribution is 1.95. The van der Waals surface area contributed by atoms with E-state index in [2.05, 4.69) is 5.32 Å². The zero-order valence-corrected chi connectivity index (χ0v) is 10.1. The van der Waals surface area contributed by atoms with E-state index in [-0.39, 0.29) is 12.0 Å². The summed E-state index contributed by atoms with van der Waals surface area (Å²) in [5, 5.41) is 12.5. The second-order valence-electron chi connectivity index (χ2n) is 3.99. The Kier molecular flexibility index (Phi) is 8.33. The Morgan fingerprint density at radius 1 is 1.40 bits per heavy atom. The monoisotopic (exact) mass is 216 g/mol. The van der Waals surface area contributed by atoms with E-state index in [0.29, 0.717) is 6.42 Å². The van der Waals surface area contributed by atoms with E-state index in [9.17, 15) is 9.90 Å². The molecule has 0 heterocycles. The molecular weight excluding hydrogens is 192 g/mol. The van der Waals surface area contributed by atoms with E-state index < -0.39 is 0 Å². The molecule has 90 valence electrons. The van der Waals surface area contributed by atoms with Crippen LogP contribution in [0.2, 0.25) is 0 Å². The first-order valence-corrected chi connectivity index (χ1v) is 5.66. The summed E-state index contributed by atoms with van der Waals surface area (Å²) in [4.78, 5) is 12.8. The van der Waals surface area contributed by atoms with Crippen molar-refractivity contribution in [1.82, 2.24) is 10.2 Å². The predicted octanol–water partition coefficient (Wildman–Crippen LogP) is 0.605. The van der Waals surface area contributed by atoms with E-state index in [1.807, 2.05) is 6.92 Å². The van der Waals surface area contributed by atoms with Crippen molar-refractivity contribution in [1.29, 1.82) is 0 Å². The van der Waals surface area contributed by atoms with Gasteiger partial charge in [-0.25, -0.2) is 0 Å². The smallest absolute Gasteiger partial charge is 0.222 e. The van der Waals surface area contributed by atoms with Gasteiger partial charge in [-0.3, -0.25) is 4.79 Å². The summed E-state index contributed by atoms with van der Waals surface area (Å²) in [6.45, 7) is 3.64. The van der Waals surface area contributed by atoms with Gasteiger partial charge in [-0.05, 0) is 32.4 Å². The van der Waals surface area contributed by atoms with E-state index >= 15 is 0 Å². The summed E-state index contributed by atoms with van der Waals surface area (Å²) in [5.74, 6) is 0.172. The fraction of sp³-hybridized carbons (Fsp3) is 0.909. The molecule has 0 radical (unpaired) electrons. The number of aliphatic hydroxyl groups is 1. The molecule has 0 spiro atoms. The third-order valence-electron chi connectivity index (χ3n) is 2.37. The number of amides is 1. The summed E-state index contributed by atoms with van der Waals surface area (Å²) in [6, 6.07) is 0. The number of rotatable bonds is 8. The third kappa shape index (κ3) is 8.39. The topological polar surface area (TPSA) is 52.6 Å². The van der Waals surface area contributed by atoms with Crippen LogP contribution in [0, 0.1) is 0 Å². The van der Waals surface area contributed by atoms with Gasteiger partial charge >= 0.3 is 0 Å². The SMILES string of the molecule is CCC(O)CCNCCCC(=O)N(C)C. The molecule has 4 nitrogen and oxygen atoms in total. The lowest BCUT2D eigenvalue weighted by atomic mass is 10.2. The largest absolute Gasteiger partial charge is 0.393 e. The first kappa shape index (κ1) is 14.4. The van der Waals surface area contributed by atoms with Crippen molar-refractivity contribution in [2.45, 2.75) is 38.7 Å². The fourth-order valence-corrected chi connectivity index (χ4v) is 1.19. The van der Waals surface area contributed by atoms with Gasteiger partial charge in [0.05, 0.1) is 6.10 Å². The Hall–Kier alpha value is -0.610.